The van der Waals surface area contributed by atoms with Gasteiger partial charge in [0.1, 0.15) is 0 Å². The number of aromatic nitrogens is 2. The quantitative estimate of drug-likeness (QED) is 0.372. The lowest BCUT2D eigenvalue weighted by molar-refractivity contribution is -0.0514. The van der Waals surface area contributed by atoms with Crippen LogP contribution >= 0.6 is 0 Å². The van der Waals surface area contributed by atoms with Crippen LogP contribution in [-0.2, 0) is 0 Å². The Kier molecular flexibility index (Phi) is 5.46. The lowest BCUT2D eigenvalue weighted by atomic mass is 10.00. The summed E-state index contributed by atoms with van der Waals surface area (Å²) in [6.07, 6.45) is 2.12. The number of anilines is 1. The lowest BCUT2D eigenvalue weighted by Gasteiger charge is -2.27. The molecule has 0 aliphatic carbocycles. The maximum atomic E-state index is 12.9. The molecule has 5 rings (SSSR count). The van der Waals surface area contributed by atoms with Gasteiger partial charge in [-0.05, 0) is 61.4 Å². The maximum absolute atomic E-state index is 12.9. The topological polar surface area (TPSA) is 48.3 Å². The van der Waals surface area contributed by atoms with Crippen molar-refractivity contribution in [2.75, 3.05) is 11.9 Å². The minimum atomic E-state index is -2.93. The number of alkyl halides is 2. The first-order valence-electron chi connectivity index (χ1n) is 10.8. The highest BCUT2D eigenvalue weighted by atomic mass is 19.3. The lowest BCUT2D eigenvalue weighted by Crippen LogP contribution is -2.19. The number of rotatable bonds is 6. The Balaban J connectivity index is 1.67. The van der Waals surface area contributed by atoms with E-state index in [1.807, 2.05) is 36.4 Å². The summed E-state index contributed by atoms with van der Waals surface area (Å²) < 4.78 is 38.2. The normalized spacial score (nSPS) is 15.2. The average Bonchev–Trinajstić information content (AvgIpc) is 3.18. The molecule has 0 bridgehead atoms. The molecule has 1 N–H and O–H groups in total. The van der Waals surface area contributed by atoms with Gasteiger partial charge in [-0.25, -0.2) is 4.98 Å². The molecule has 0 fully saturated rings. The molecule has 4 aromatic rings. The molecule has 7 heteroatoms. The Labute approximate surface area is 190 Å². The van der Waals surface area contributed by atoms with E-state index in [9.17, 15) is 8.78 Å². The number of ether oxygens (including phenoxy) is 2. The molecule has 0 saturated heterocycles. The minimum Gasteiger partial charge on any atom is -0.490 e. The number of aryl methyl sites for hydroxylation is 1. The molecule has 168 valence electrons. The average molecular weight is 447 g/mol. The molecule has 0 saturated carbocycles. The Bertz CT molecular complexity index is 1350. The number of nitrogens with one attached hydrogen (secondary N) is 1. The molecule has 2 heterocycles. The Morgan fingerprint density at radius 1 is 1.03 bits per heavy atom. The van der Waals surface area contributed by atoms with Crippen LogP contribution in [0.1, 0.15) is 29.7 Å². The molecule has 1 atom stereocenters. The molecule has 0 unspecified atom stereocenters. The van der Waals surface area contributed by atoms with Gasteiger partial charge < -0.3 is 14.8 Å². The Morgan fingerprint density at radius 2 is 1.88 bits per heavy atom. The fourth-order valence-corrected chi connectivity index (χ4v) is 4.21. The van der Waals surface area contributed by atoms with Crippen LogP contribution in [0.5, 0.6) is 11.5 Å². The number of fused-ring (bicyclic) bond motifs is 3. The summed E-state index contributed by atoms with van der Waals surface area (Å²) in [5, 5.41) is 3.46. The van der Waals surface area contributed by atoms with Crippen LogP contribution in [0.3, 0.4) is 0 Å². The van der Waals surface area contributed by atoms with Gasteiger partial charge in [-0.15, -0.1) is 0 Å². The van der Waals surface area contributed by atoms with Gasteiger partial charge in [0, 0.05) is 5.70 Å². The number of halogens is 2. The predicted octanol–water partition coefficient (Wildman–Crippen LogP) is 6.40. The number of hydrogen-bond acceptors (Lipinski definition) is 4. The van der Waals surface area contributed by atoms with E-state index >= 15 is 0 Å². The fraction of sp³-hybridized carbons (Fsp3) is 0.192. The van der Waals surface area contributed by atoms with Crippen molar-refractivity contribution in [3.63, 3.8) is 0 Å². The molecule has 1 aromatic heterocycles. The predicted molar refractivity (Wildman–Crippen MR) is 125 cm³/mol. The second-order valence-electron chi connectivity index (χ2n) is 7.83. The number of nitrogens with zero attached hydrogens (tertiary/aromatic N) is 2. The number of imidazole rings is 1. The van der Waals surface area contributed by atoms with E-state index < -0.39 is 6.61 Å². The molecule has 0 radical (unpaired) electrons. The van der Waals surface area contributed by atoms with Gasteiger partial charge in [0.05, 0.1) is 23.7 Å². The van der Waals surface area contributed by atoms with Gasteiger partial charge in [0.25, 0.3) is 0 Å². The SMILES string of the molecule is CCOc1cc([C@H]2C=C(c3cccc(C)c3)Nc3nc4ccccc4n32)ccc1OC(F)F. The minimum absolute atomic E-state index is 0.0168. The number of benzene rings is 3. The van der Waals surface area contributed by atoms with Crippen molar-refractivity contribution < 1.29 is 18.3 Å². The Hall–Kier alpha value is -3.87. The van der Waals surface area contributed by atoms with Gasteiger partial charge in [-0.1, -0.05) is 42.0 Å². The molecule has 1 aliphatic rings. The molecule has 0 spiro atoms. The standard InChI is InChI=1S/C26H23F2N3O2/c1-3-32-24-14-18(11-12-23(24)33-25(27)28)22-15-20(17-8-6-7-16(2)13-17)30-26-29-19-9-4-5-10-21(19)31(22)26/h4-15,22,25H,3H2,1-2H3,(H,29,30)/t22-/m1/s1. The summed E-state index contributed by atoms with van der Waals surface area (Å²) in [5.41, 5.74) is 5.83. The molecule has 5 nitrogen and oxygen atoms in total. The van der Waals surface area contributed by atoms with Gasteiger partial charge >= 0.3 is 6.61 Å². The van der Waals surface area contributed by atoms with Crippen molar-refractivity contribution in [2.24, 2.45) is 0 Å². The highest BCUT2D eigenvalue weighted by Crippen LogP contribution is 2.40. The largest absolute Gasteiger partial charge is 0.490 e. The van der Waals surface area contributed by atoms with E-state index in [2.05, 4.69) is 39.8 Å². The van der Waals surface area contributed by atoms with E-state index in [4.69, 9.17) is 9.72 Å². The van der Waals surface area contributed by atoms with Crippen LogP contribution in [-0.4, -0.2) is 22.8 Å². The molecular weight excluding hydrogens is 424 g/mol. The summed E-state index contributed by atoms with van der Waals surface area (Å²) in [4.78, 5) is 4.80. The van der Waals surface area contributed by atoms with E-state index in [-0.39, 0.29) is 17.5 Å². The molecule has 1 aliphatic heterocycles. The van der Waals surface area contributed by atoms with Gasteiger partial charge in [0.2, 0.25) is 5.95 Å². The molecular formula is C26H23F2N3O2. The first-order valence-corrected chi connectivity index (χ1v) is 10.8. The van der Waals surface area contributed by atoms with Crippen molar-refractivity contribution in [1.29, 1.82) is 0 Å². The van der Waals surface area contributed by atoms with Crippen LogP contribution in [0.2, 0.25) is 0 Å². The third-order valence-electron chi connectivity index (χ3n) is 5.60. The third kappa shape index (κ3) is 4.02. The summed E-state index contributed by atoms with van der Waals surface area (Å²) in [7, 11) is 0. The zero-order valence-electron chi connectivity index (χ0n) is 18.3. The second kappa shape index (κ2) is 8.58. The van der Waals surface area contributed by atoms with E-state index in [1.54, 1.807) is 19.1 Å². The summed E-state index contributed by atoms with van der Waals surface area (Å²) in [6, 6.07) is 21.0. The van der Waals surface area contributed by atoms with E-state index in [0.29, 0.717) is 12.6 Å². The second-order valence-corrected chi connectivity index (χ2v) is 7.83. The first-order chi connectivity index (χ1) is 16.0. The molecule has 33 heavy (non-hydrogen) atoms. The van der Waals surface area contributed by atoms with E-state index in [1.165, 1.54) is 6.07 Å². The first kappa shape index (κ1) is 21.0. The maximum Gasteiger partial charge on any atom is 0.387 e. The van der Waals surface area contributed by atoms with Crippen LogP contribution in [0.25, 0.3) is 16.7 Å². The fourth-order valence-electron chi connectivity index (χ4n) is 4.21. The van der Waals surface area contributed by atoms with Crippen LogP contribution in [0.4, 0.5) is 14.7 Å². The highest BCUT2D eigenvalue weighted by Gasteiger charge is 2.26. The van der Waals surface area contributed by atoms with Crippen molar-refractivity contribution in [1.82, 2.24) is 9.55 Å². The zero-order valence-corrected chi connectivity index (χ0v) is 18.3. The number of para-hydroxylation sites is 2. The summed E-state index contributed by atoms with van der Waals surface area (Å²) >= 11 is 0. The van der Waals surface area contributed by atoms with Crippen molar-refractivity contribution >= 4 is 22.7 Å². The van der Waals surface area contributed by atoms with Crippen molar-refractivity contribution in [3.05, 3.63) is 89.5 Å². The summed E-state index contributed by atoms with van der Waals surface area (Å²) in [5.74, 6) is 1.01. The Morgan fingerprint density at radius 3 is 2.67 bits per heavy atom. The number of allylic oxidation sites excluding steroid dienone is 1. The highest BCUT2D eigenvalue weighted by molar-refractivity contribution is 5.85. The van der Waals surface area contributed by atoms with Gasteiger partial charge in [-0.3, -0.25) is 4.57 Å². The monoisotopic (exact) mass is 447 g/mol. The van der Waals surface area contributed by atoms with Gasteiger partial charge in [-0.2, -0.15) is 8.78 Å². The van der Waals surface area contributed by atoms with Gasteiger partial charge in [0.15, 0.2) is 11.5 Å². The summed E-state index contributed by atoms with van der Waals surface area (Å²) in [6.45, 7) is 1.26. The molecule has 3 aromatic carbocycles. The zero-order chi connectivity index (χ0) is 22.9. The third-order valence-corrected chi connectivity index (χ3v) is 5.60. The van der Waals surface area contributed by atoms with Crippen molar-refractivity contribution in [2.45, 2.75) is 26.5 Å². The van der Waals surface area contributed by atoms with Crippen LogP contribution in [0.15, 0.2) is 72.8 Å². The smallest absolute Gasteiger partial charge is 0.387 e. The van der Waals surface area contributed by atoms with Crippen molar-refractivity contribution in [3.8, 4) is 11.5 Å². The number of hydrogen-bond donors (Lipinski definition) is 1. The van der Waals surface area contributed by atoms with E-state index in [0.717, 1.165) is 33.4 Å². The van der Waals surface area contributed by atoms with Crippen LogP contribution in [0, 0.1) is 6.92 Å². The molecule has 0 amide bonds. The van der Waals surface area contributed by atoms with Crippen LogP contribution < -0.4 is 14.8 Å².